The lowest BCUT2D eigenvalue weighted by atomic mass is 9.95. The van der Waals surface area contributed by atoms with Crippen LogP contribution in [-0.4, -0.2) is 40.8 Å². The summed E-state index contributed by atoms with van der Waals surface area (Å²) >= 11 is 0. The zero-order valence-electron chi connectivity index (χ0n) is 16.9. The number of amides is 1. The van der Waals surface area contributed by atoms with E-state index in [9.17, 15) is 13.6 Å². The fourth-order valence-corrected chi connectivity index (χ4v) is 3.79. The van der Waals surface area contributed by atoms with E-state index < -0.39 is 12.0 Å². The van der Waals surface area contributed by atoms with Gasteiger partial charge in [0, 0.05) is 56.8 Å². The lowest BCUT2D eigenvalue weighted by Crippen LogP contribution is -2.30. The van der Waals surface area contributed by atoms with Gasteiger partial charge in [-0.3, -0.25) is 4.79 Å². The molecule has 9 heteroatoms. The number of ether oxygens (including phenoxy) is 2. The van der Waals surface area contributed by atoms with Crippen LogP contribution in [0.5, 0.6) is 0 Å². The molecule has 0 radical (unpaired) electrons. The van der Waals surface area contributed by atoms with Crippen LogP contribution in [0.25, 0.3) is 22.2 Å². The number of anilines is 1. The van der Waals surface area contributed by atoms with Crippen molar-refractivity contribution in [2.75, 3.05) is 25.6 Å². The van der Waals surface area contributed by atoms with Crippen molar-refractivity contribution in [1.29, 1.82) is 0 Å². The number of rotatable bonds is 5. The minimum atomic E-state index is -2.66. The highest BCUT2D eigenvalue weighted by molar-refractivity contribution is 5.98. The molecule has 158 valence electrons. The van der Waals surface area contributed by atoms with Gasteiger partial charge in [0.25, 0.3) is 6.43 Å². The van der Waals surface area contributed by atoms with E-state index in [1.807, 2.05) is 17.8 Å². The van der Waals surface area contributed by atoms with Gasteiger partial charge in [-0.05, 0) is 18.2 Å². The van der Waals surface area contributed by atoms with Gasteiger partial charge in [-0.1, -0.05) is 0 Å². The Morgan fingerprint density at radius 1 is 1.37 bits per heavy atom. The van der Waals surface area contributed by atoms with Crippen LogP contribution in [0.4, 0.5) is 14.6 Å². The van der Waals surface area contributed by atoms with Crippen molar-refractivity contribution >= 4 is 22.6 Å². The summed E-state index contributed by atoms with van der Waals surface area (Å²) in [5, 5.41) is 3.40. The van der Waals surface area contributed by atoms with Crippen LogP contribution in [0.2, 0.25) is 0 Å². The fraction of sp³-hybridized carbons (Fsp3) is 0.381. The Hall–Kier alpha value is -2.91. The molecule has 1 fully saturated rings. The van der Waals surface area contributed by atoms with E-state index in [4.69, 9.17) is 14.5 Å². The maximum absolute atomic E-state index is 13.7. The van der Waals surface area contributed by atoms with Gasteiger partial charge in [0.2, 0.25) is 5.91 Å². The van der Waals surface area contributed by atoms with E-state index in [0.29, 0.717) is 35.8 Å². The molecule has 0 aromatic carbocycles. The Labute approximate surface area is 172 Å². The molecule has 0 unspecified atom stereocenters. The number of carbonyl (C=O) groups is 1. The van der Waals surface area contributed by atoms with Gasteiger partial charge in [0.1, 0.15) is 11.4 Å². The van der Waals surface area contributed by atoms with Gasteiger partial charge in [0.15, 0.2) is 0 Å². The van der Waals surface area contributed by atoms with Crippen molar-refractivity contribution < 1.29 is 23.0 Å². The molecule has 4 heterocycles. The molecule has 30 heavy (non-hydrogen) atoms. The first-order valence-electron chi connectivity index (χ1n) is 9.49. The summed E-state index contributed by atoms with van der Waals surface area (Å²) in [6.45, 7) is 2.13. The lowest BCUT2D eigenvalue weighted by molar-refractivity contribution is -0.114. The second kappa shape index (κ2) is 7.73. The highest BCUT2D eigenvalue weighted by Crippen LogP contribution is 2.38. The van der Waals surface area contributed by atoms with Crippen molar-refractivity contribution in [2.45, 2.75) is 25.4 Å². The molecule has 0 saturated carbocycles. The number of carbonyl (C=O) groups excluding carboxylic acids is 1. The van der Waals surface area contributed by atoms with Gasteiger partial charge in [0.05, 0.1) is 29.7 Å². The number of alkyl halides is 2. The molecule has 0 aliphatic carbocycles. The molecule has 0 spiro atoms. The first-order valence-corrected chi connectivity index (χ1v) is 9.49. The van der Waals surface area contributed by atoms with E-state index in [1.165, 1.54) is 26.2 Å². The zero-order chi connectivity index (χ0) is 21.5. The van der Waals surface area contributed by atoms with Crippen molar-refractivity contribution in [1.82, 2.24) is 14.5 Å². The minimum absolute atomic E-state index is 0.133. The standard InChI is InChI=1S/C21H22F2N4O3/c1-12(28)25-19-8-14-15(10-27(2)17(14)9-24-19)16-6-13(20(22)23)7-18(26-16)21(29-3)4-5-30-11-21/h6-10,20H,4-5,11H2,1-3H3,(H,24,25,28)/t21-/m0/s1. The third kappa shape index (κ3) is 3.54. The van der Waals surface area contributed by atoms with E-state index in [0.717, 1.165) is 10.9 Å². The fourth-order valence-electron chi connectivity index (χ4n) is 3.79. The summed E-state index contributed by atoms with van der Waals surface area (Å²) in [6.07, 6.45) is 1.32. The Morgan fingerprint density at radius 3 is 2.80 bits per heavy atom. The molecule has 1 amide bonds. The number of aromatic nitrogens is 3. The average Bonchev–Trinajstić information content (AvgIpc) is 3.33. The van der Waals surface area contributed by atoms with Crippen LogP contribution in [0, 0.1) is 0 Å². The molecule has 1 atom stereocenters. The molecule has 3 aromatic heterocycles. The van der Waals surface area contributed by atoms with Crippen molar-refractivity contribution in [3.8, 4) is 11.3 Å². The average molecular weight is 416 g/mol. The van der Waals surface area contributed by atoms with Crippen LogP contribution in [0.3, 0.4) is 0 Å². The summed E-state index contributed by atoms with van der Waals surface area (Å²) in [7, 11) is 3.37. The number of fused-ring (bicyclic) bond motifs is 1. The predicted molar refractivity (Wildman–Crippen MR) is 107 cm³/mol. The number of hydrogen-bond donors (Lipinski definition) is 1. The molecular weight excluding hydrogens is 394 g/mol. The number of pyridine rings is 2. The van der Waals surface area contributed by atoms with Gasteiger partial charge in [-0.15, -0.1) is 0 Å². The predicted octanol–water partition coefficient (Wildman–Crippen LogP) is 3.79. The molecule has 0 bridgehead atoms. The van der Waals surface area contributed by atoms with Crippen LogP contribution < -0.4 is 5.32 Å². The van der Waals surface area contributed by atoms with E-state index in [2.05, 4.69) is 10.3 Å². The van der Waals surface area contributed by atoms with Crippen molar-refractivity contribution in [3.05, 3.63) is 41.9 Å². The van der Waals surface area contributed by atoms with Crippen LogP contribution in [0.1, 0.15) is 31.0 Å². The summed E-state index contributed by atoms with van der Waals surface area (Å²) in [6, 6.07) is 4.50. The molecule has 1 aliphatic rings. The Balaban J connectivity index is 1.91. The monoisotopic (exact) mass is 416 g/mol. The minimum Gasteiger partial charge on any atom is -0.378 e. The van der Waals surface area contributed by atoms with Gasteiger partial charge < -0.3 is 19.4 Å². The Kier molecular flexibility index (Phi) is 5.25. The molecule has 1 saturated heterocycles. The van der Waals surface area contributed by atoms with E-state index >= 15 is 0 Å². The smallest absolute Gasteiger partial charge is 0.263 e. The number of halogens is 2. The lowest BCUT2D eigenvalue weighted by Gasteiger charge is -2.26. The van der Waals surface area contributed by atoms with Crippen LogP contribution in [-0.2, 0) is 26.9 Å². The molecule has 4 rings (SSSR count). The van der Waals surface area contributed by atoms with Crippen molar-refractivity contribution in [2.24, 2.45) is 7.05 Å². The second-order valence-corrected chi connectivity index (χ2v) is 7.39. The Bertz CT molecular complexity index is 1110. The number of nitrogens with zero attached hydrogens (tertiary/aromatic N) is 3. The number of aryl methyl sites for hydroxylation is 1. The summed E-state index contributed by atoms with van der Waals surface area (Å²) < 4.78 is 40.4. The molecule has 7 nitrogen and oxygen atoms in total. The second-order valence-electron chi connectivity index (χ2n) is 7.39. The van der Waals surface area contributed by atoms with Gasteiger partial charge in [-0.25, -0.2) is 18.7 Å². The van der Waals surface area contributed by atoms with Crippen LogP contribution in [0.15, 0.2) is 30.6 Å². The van der Waals surface area contributed by atoms with E-state index in [1.54, 1.807) is 12.3 Å². The molecular formula is C21H22F2N4O3. The van der Waals surface area contributed by atoms with E-state index in [-0.39, 0.29) is 18.1 Å². The number of methoxy groups -OCH3 is 1. The quantitative estimate of drug-likeness (QED) is 0.685. The van der Waals surface area contributed by atoms with Gasteiger partial charge in [-0.2, -0.15) is 0 Å². The highest BCUT2D eigenvalue weighted by Gasteiger charge is 2.39. The van der Waals surface area contributed by atoms with Crippen molar-refractivity contribution in [3.63, 3.8) is 0 Å². The SMILES string of the molecule is CO[C@@]1(c2cc(C(F)F)cc(-c3cn(C)c4cnc(NC(C)=O)cc34)n2)CCOC1. The zero-order valence-corrected chi connectivity index (χ0v) is 16.9. The largest absolute Gasteiger partial charge is 0.378 e. The maximum Gasteiger partial charge on any atom is 0.263 e. The van der Waals surface area contributed by atoms with Gasteiger partial charge >= 0.3 is 0 Å². The first-order chi connectivity index (χ1) is 14.3. The molecule has 1 aliphatic heterocycles. The summed E-state index contributed by atoms with van der Waals surface area (Å²) in [5.74, 6) is 0.132. The molecule has 3 aromatic rings. The highest BCUT2D eigenvalue weighted by atomic mass is 19.3. The third-order valence-corrected chi connectivity index (χ3v) is 5.40. The van der Waals surface area contributed by atoms with Crippen LogP contribution >= 0.6 is 0 Å². The number of hydrogen-bond acceptors (Lipinski definition) is 5. The first kappa shape index (κ1) is 20.4. The summed E-state index contributed by atoms with van der Waals surface area (Å²) in [4.78, 5) is 20.4. The third-order valence-electron chi connectivity index (χ3n) is 5.40. The molecule has 1 N–H and O–H groups in total. The normalized spacial score (nSPS) is 19.0. The Morgan fingerprint density at radius 2 is 2.17 bits per heavy atom. The number of nitrogens with one attached hydrogen (secondary N) is 1. The summed E-state index contributed by atoms with van der Waals surface area (Å²) in [5.41, 5.74) is 1.28. The maximum atomic E-state index is 13.7. The topological polar surface area (TPSA) is 78.3 Å².